The quantitative estimate of drug-likeness (QED) is 0.859. The summed E-state index contributed by atoms with van der Waals surface area (Å²) in [6.07, 6.45) is -4.46. The molecule has 0 saturated heterocycles. The summed E-state index contributed by atoms with van der Waals surface area (Å²) in [5, 5.41) is 9.48. The van der Waals surface area contributed by atoms with E-state index in [0.29, 0.717) is 9.92 Å². The Kier molecular flexibility index (Phi) is 4.62. The van der Waals surface area contributed by atoms with Crippen molar-refractivity contribution in [1.82, 2.24) is 0 Å². The van der Waals surface area contributed by atoms with Gasteiger partial charge < -0.3 is 5.11 Å². The minimum atomic E-state index is -4.46. The third-order valence-corrected chi connectivity index (χ3v) is 3.91. The molecule has 106 valence electrons. The minimum absolute atomic E-state index is 0.0945. The van der Waals surface area contributed by atoms with E-state index in [9.17, 15) is 13.2 Å². The lowest BCUT2D eigenvalue weighted by Gasteiger charge is -2.13. The highest BCUT2D eigenvalue weighted by atomic mass is 35.5. The number of aliphatic hydroxyl groups is 1. The largest absolute Gasteiger partial charge is 0.417 e. The first-order chi connectivity index (χ1) is 9.40. The summed E-state index contributed by atoms with van der Waals surface area (Å²) in [5.74, 6) is 0. The third-order valence-electron chi connectivity index (χ3n) is 2.57. The SMILES string of the molecule is OCc1ccc(Sc2ccc(Cl)cc2)c(C(F)(F)F)c1. The van der Waals surface area contributed by atoms with Gasteiger partial charge in [0.1, 0.15) is 0 Å². The van der Waals surface area contributed by atoms with Crippen LogP contribution in [0.15, 0.2) is 52.3 Å². The van der Waals surface area contributed by atoms with Gasteiger partial charge in [-0.15, -0.1) is 0 Å². The van der Waals surface area contributed by atoms with Crippen molar-refractivity contribution in [2.45, 2.75) is 22.6 Å². The molecule has 1 N–H and O–H groups in total. The van der Waals surface area contributed by atoms with Crippen LogP contribution in [-0.4, -0.2) is 5.11 Å². The van der Waals surface area contributed by atoms with Crippen molar-refractivity contribution in [2.75, 3.05) is 0 Å². The molecule has 0 fully saturated rings. The van der Waals surface area contributed by atoms with E-state index in [4.69, 9.17) is 16.7 Å². The average molecular weight is 319 g/mol. The summed E-state index contributed by atoms with van der Waals surface area (Å²) in [6, 6.07) is 10.4. The van der Waals surface area contributed by atoms with Gasteiger partial charge >= 0.3 is 6.18 Å². The van der Waals surface area contributed by atoms with Gasteiger partial charge in [-0.2, -0.15) is 13.2 Å². The van der Waals surface area contributed by atoms with Gasteiger partial charge in [-0.3, -0.25) is 0 Å². The highest BCUT2D eigenvalue weighted by Crippen LogP contribution is 2.40. The first-order valence-corrected chi connectivity index (χ1v) is 6.84. The van der Waals surface area contributed by atoms with Crippen LogP contribution in [0.2, 0.25) is 5.02 Å². The zero-order valence-corrected chi connectivity index (χ0v) is 11.7. The molecule has 2 aromatic rings. The Labute approximate surface area is 123 Å². The molecule has 20 heavy (non-hydrogen) atoms. The first-order valence-electron chi connectivity index (χ1n) is 5.64. The fourth-order valence-corrected chi connectivity index (χ4v) is 2.69. The predicted molar refractivity (Wildman–Crippen MR) is 72.9 cm³/mol. The Morgan fingerprint density at radius 3 is 2.25 bits per heavy atom. The molecule has 0 amide bonds. The Hall–Kier alpha value is -1.17. The van der Waals surface area contributed by atoms with E-state index in [0.717, 1.165) is 17.8 Å². The fourth-order valence-electron chi connectivity index (χ4n) is 1.62. The van der Waals surface area contributed by atoms with Crippen LogP contribution in [0.4, 0.5) is 13.2 Å². The molecular weight excluding hydrogens is 309 g/mol. The highest BCUT2D eigenvalue weighted by Gasteiger charge is 2.33. The van der Waals surface area contributed by atoms with E-state index < -0.39 is 18.3 Å². The number of aliphatic hydroxyl groups excluding tert-OH is 1. The zero-order valence-electron chi connectivity index (χ0n) is 10.1. The van der Waals surface area contributed by atoms with Crippen molar-refractivity contribution < 1.29 is 18.3 Å². The van der Waals surface area contributed by atoms with Gasteiger partial charge in [0.2, 0.25) is 0 Å². The van der Waals surface area contributed by atoms with Gasteiger partial charge in [0, 0.05) is 14.8 Å². The van der Waals surface area contributed by atoms with Crippen LogP contribution in [0.3, 0.4) is 0 Å². The summed E-state index contributed by atoms with van der Waals surface area (Å²) in [7, 11) is 0. The molecule has 0 aliphatic carbocycles. The lowest BCUT2D eigenvalue weighted by atomic mass is 10.1. The number of rotatable bonds is 3. The molecule has 0 atom stereocenters. The molecule has 0 bridgehead atoms. The molecule has 2 aromatic carbocycles. The van der Waals surface area contributed by atoms with E-state index in [1.54, 1.807) is 24.3 Å². The van der Waals surface area contributed by atoms with Crippen LogP contribution in [0, 0.1) is 0 Å². The van der Waals surface area contributed by atoms with Crippen LogP contribution < -0.4 is 0 Å². The maximum absolute atomic E-state index is 13.0. The third kappa shape index (κ3) is 3.69. The fraction of sp³-hybridized carbons (Fsp3) is 0.143. The summed E-state index contributed by atoms with van der Waals surface area (Å²) in [5.41, 5.74) is -0.512. The lowest BCUT2D eigenvalue weighted by Crippen LogP contribution is -2.07. The Bertz CT molecular complexity index is 596. The molecule has 6 heteroatoms. The standard InChI is InChI=1S/C14H10ClF3OS/c15-10-2-4-11(5-3-10)20-13-6-1-9(8-19)7-12(13)14(16,17)18/h1-7,19H,8H2. The number of hydrogen-bond acceptors (Lipinski definition) is 2. The normalized spacial score (nSPS) is 11.7. The second-order valence-corrected chi connectivity index (χ2v) is 5.59. The van der Waals surface area contributed by atoms with Crippen molar-refractivity contribution in [2.24, 2.45) is 0 Å². The molecule has 0 spiro atoms. The van der Waals surface area contributed by atoms with Crippen molar-refractivity contribution in [3.05, 3.63) is 58.6 Å². The van der Waals surface area contributed by atoms with Crippen molar-refractivity contribution in [3.63, 3.8) is 0 Å². The van der Waals surface area contributed by atoms with E-state index >= 15 is 0 Å². The van der Waals surface area contributed by atoms with Gasteiger partial charge in [-0.1, -0.05) is 29.4 Å². The number of benzene rings is 2. The Morgan fingerprint density at radius 1 is 1.05 bits per heavy atom. The maximum atomic E-state index is 13.0. The maximum Gasteiger partial charge on any atom is 0.417 e. The molecule has 0 aliphatic heterocycles. The molecule has 0 saturated carbocycles. The van der Waals surface area contributed by atoms with Gasteiger partial charge in [-0.05, 0) is 42.0 Å². The Morgan fingerprint density at radius 2 is 1.70 bits per heavy atom. The smallest absolute Gasteiger partial charge is 0.392 e. The molecule has 0 aromatic heterocycles. The predicted octanol–water partition coefficient (Wildman–Crippen LogP) is 5.00. The van der Waals surface area contributed by atoms with Crippen LogP contribution in [-0.2, 0) is 12.8 Å². The Balaban J connectivity index is 2.38. The molecule has 0 heterocycles. The van der Waals surface area contributed by atoms with Gasteiger partial charge in [-0.25, -0.2) is 0 Å². The van der Waals surface area contributed by atoms with Crippen LogP contribution in [0.25, 0.3) is 0 Å². The van der Waals surface area contributed by atoms with E-state index in [2.05, 4.69) is 0 Å². The second-order valence-electron chi connectivity index (χ2n) is 4.04. The van der Waals surface area contributed by atoms with Crippen molar-refractivity contribution in [3.8, 4) is 0 Å². The van der Waals surface area contributed by atoms with E-state index in [1.165, 1.54) is 12.1 Å². The van der Waals surface area contributed by atoms with Crippen molar-refractivity contribution in [1.29, 1.82) is 0 Å². The van der Waals surface area contributed by atoms with Gasteiger partial charge in [0.25, 0.3) is 0 Å². The zero-order chi connectivity index (χ0) is 14.8. The van der Waals surface area contributed by atoms with Crippen LogP contribution in [0.5, 0.6) is 0 Å². The molecule has 2 rings (SSSR count). The monoisotopic (exact) mass is 318 g/mol. The minimum Gasteiger partial charge on any atom is -0.392 e. The molecule has 0 aliphatic rings. The lowest BCUT2D eigenvalue weighted by molar-refractivity contribution is -0.139. The van der Waals surface area contributed by atoms with E-state index in [-0.39, 0.29) is 10.5 Å². The molecule has 0 unspecified atom stereocenters. The van der Waals surface area contributed by atoms with Gasteiger partial charge in [0.15, 0.2) is 0 Å². The van der Waals surface area contributed by atoms with Crippen LogP contribution >= 0.6 is 23.4 Å². The van der Waals surface area contributed by atoms with Gasteiger partial charge in [0.05, 0.1) is 12.2 Å². The number of hydrogen-bond donors (Lipinski definition) is 1. The second kappa shape index (κ2) is 6.08. The van der Waals surface area contributed by atoms with Crippen molar-refractivity contribution >= 4 is 23.4 Å². The summed E-state index contributed by atoms with van der Waals surface area (Å²) >= 11 is 6.75. The first kappa shape index (κ1) is 15.2. The van der Waals surface area contributed by atoms with Crippen LogP contribution in [0.1, 0.15) is 11.1 Å². The average Bonchev–Trinajstić information content (AvgIpc) is 2.40. The van der Waals surface area contributed by atoms with E-state index in [1.807, 2.05) is 0 Å². The molecular formula is C14H10ClF3OS. The molecule has 0 radical (unpaired) electrons. The molecule has 1 nitrogen and oxygen atoms in total. The summed E-state index contributed by atoms with van der Waals surface area (Å²) in [6.45, 7) is -0.422. The number of alkyl halides is 3. The summed E-state index contributed by atoms with van der Waals surface area (Å²) < 4.78 is 39.0. The topological polar surface area (TPSA) is 20.2 Å². The highest BCUT2D eigenvalue weighted by molar-refractivity contribution is 7.99. The number of halogens is 4. The summed E-state index contributed by atoms with van der Waals surface area (Å²) in [4.78, 5) is 0.758.